The number of amides is 2. The molecule has 7 nitrogen and oxygen atoms in total. The molecule has 0 heterocycles. The van der Waals surface area contributed by atoms with Gasteiger partial charge in [-0.3, -0.25) is 9.59 Å². The van der Waals surface area contributed by atoms with Gasteiger partial charge in [-0.2, -0.15) is 0 Å². The number of primary amides is 1. The van der Waals surface area contributed by atoms with E-state index in [0.717, 1.165) is 0 Å². The van der Waals surface area contributed by atoms with Gasteiger partial charge in [0.05, 0.1) is 6.42 Å². The predicted octanol–water partition coefficient (Wildman–Crippen LogP) is -0.695. The van der Waals surface area contributed by atoms with Gasteiger partial charge in [-0.1, -0.05) is 30.3 Å². The van der Waals surface area contributed by atoms with E-state index in [4.69, 9.17) is 16.6 Å². The average Bonchev–Trinajstić information content (AvgIpc) is 2.38. The van der Waals surface area contributed by atoms with Gasteiger partial charge in [0, 0.05) is 0 Å². The van der Waals surface area contributed by atoms with Crippen LogP contribution in [0.25, 0.3) is 0 Å². The molecular weight excluding hydrogens is 262 g/mol. The van der Waals surface area contributed by atoms with E-state index >= 15 is 0 Å². The Bertz CT molecular complexity index is 514. The molecule has 2 amide bonds. The van der Waals surface area contributed by atoms with Gasteiger partial charge < -0.3 is 21.9 Å². The zero-order valence-corrected chi connectivity index (χ0v) is 11.0. The Morgan fingerprint density at radius 3 is 2.30 bits per heavy atom. The Hall–Kier alpha value is -2.41. The molecule has 108 valence electrons. The zero-order valence-electron chi connectivity index (χ0n) is 11.0. The Labute approximate surface area is 115 Å². The first-order valence-electron chi connectivity index (χ1n) is 5.91. The Morgan fingerprint density at radius 2 is 1.85 bits per heavy atom. The molecule has 2 atom stereocenters. The summed E-state index contributed by atoms with van der Waals surface area (Å²) < 4.78 is 0. The van der Waals surface area contributed by atoms with Crippen molar-refractivity contribution in [1.29, 1.82) is 0 Å². The summed E-state index contributed by atoms with van der Waals surface area (Å²) in [4.78, 5) is 33.9. The SMILES string of the molecule is CC(N)(C(=O)N[C@H](CC(N)=O)C(=O)O)c1ccccc1. The fourth-order valence-corrected chi connectivity index (χ4v) is 1.62. The molecule has 0 aliphatic heterocycles. The second-order valence-electron chi connectivity index (χ2n) is 4.60. The lowest BCUT2D eigenvalue weighted by molar-refractivity contribution is -0.144. The lowest BCUT2D eigenvalue weighted by Crippen LogP contribution is -2.54. The van der Waals surface area contributed by atoms with Crippen LogP contribution in [0.4, 0.5) is 0 Å². The number of hydrogen-bond acceptors (Lipinski definition) is 4. The van der Waals surface area contributed by atoms with Crippen LogP contribution in [0.1, 0.15) is 18.9 Å². The summed E-state index contributed by atoms with van der Waals surface area (Å²) in [5.41, 5.74) is 10.0. The highest BCUT2D eigenvalue weighted by molar-refractivity contribution is 5.92. The number of rotatable bonds is 6. The number of carboxylic acid groups (broad SMARTS) is 1. The van der Waals surface area contributed by atoms with Gasteiger partial charge in [0.25, 0.3) is 0 Å². The van der Waals surface area contributed by atoms with Gasteiger partial charge >= 0.3 is 5.97 Å². The van der Waals surface area contributed by atoms with Gasteiger partial charge in [0.15, 0.2) is 0 Å². The monoisotopic (exact) mass is 279 g/mol. The van der Waals surface area contributed by atoms with E-state index in [0.29, 0.717) is 5.56 Å². The number of carbonyl (C=O) groups excluding carboxylic acids is 2. The van der Waals surface area contributed by atoms with Crippen LogP contribution in [0, 0.1) is 0 Å². The highest BCUT2D eigenvalue weighted by Crippen LogP contribution is 2.17. The fourth-order valence-electron chi connectivity index (χ4n) is 1.62. The van der Waals surface area contributed by atoms with E-state index in [1.54, 1.807) is 30.3 Å². The predicted molar refractivity (Wildman–Crippen MR) is 71.4 cm³/mol. The van der Waals surface area contributed by atoms with Crippen molar-refractivity contribution in [1.82, 2.24) is 5.32 Å². The van der Waals surface area contributed by atoms with Gasteiger partial charge in [-0.15, -0.1) is 0 Å². The highest BCUT2D eigenvalue weighted by Gasteiger charge is 2.33. The van der Waals surface area contributed by atoms with Crippen molar-refractivity contribution < 1.29 is 19.5 Å². The maximum Gasteiger partial charge on any atom is 0.326 e. The molecular formula is C13H17N3O4. The quantitative estimate of drug-likeness (QED) is 0.546. The van der Waals surface area contributed by atoms with E-state index < -0.39 is 35.8 Å². The first kappa shape index (κ1) is 15.6. The number of benzene rings is 1. The molecule has 0 bridgehead atoms. The molecule has 1 rings (SSSR count). The minimum Gasteiger partial charge on any atom is -0.480 e. The Morgan fingerprint density at radius 1 is 1.30 bits per heavy atom. The van der Waals surface area contributed by atoms with Crippen molar-refractivity contribution in [3.8, 4) is 0 Å². The molecule has 0 aromatic heterocycles. The van der Waals surface area contributed by atoms with Crippen molar-refractivity contribution in [2.24, 2.45) is 11.5 Å². The summed E-state index contributed by atoms with van der Waals surface area (Å²) in [7, 11) is 0. The number of nitrogens with one attached hydrogen (secondary N) is 1. The Kier molecular flexibility index (Phi) is 4.82. The highest BCUT2D eigenvalue weighted by atomic mass is 16.4. The molecule has 0 saturated carbocycles. The summed E-state index contributed by atoms with van der Waals surface area (Å²) in [6.07, 6.45) is -0.494. The van der Waals surface area contributed by atoms with Gasteiger partial charge in [0.1, 0.15) is 11.6 Å². The third-order valence-electron chi connectivity index (χ3n) is 2.85. The minimum atomic E-state index is -1.41. The lowest BCUT2D eigenvalue weighted by Gasteiger charge is -2.26. The van der Waals surface area contributed by atoms with Crippen LogP contribution >= 0.6 is 0 Å². The lowest BCUT2D eigenvalue weighted by atomic mass is 9.92. The van der Waals surface area contributed by atoms with Gasteiger partial charge in [-0.25, -0.2) is 4.79 Å². The smallest absolute Gasteiger partial charge is 0.326 e. The number of carboxylic acids is 1. The molecule has 7 heteroatoms. The molecule has 0 spiro atoms. The number of nitrogens with two attached hydrogens (primary N) is 2. The molecule has 6 N–H and O–H groups in total. The van der Waals surface area contributed by atoms with E-state index in [1.807, 2.05) is 0 Å². The fraction of sp³-hybridized carbons (Fsp3) is 0.308. The maximum absolute atomic E-state index is 12.1. The van der Waals surface area contributed by atoms with Crippen molar-refractivity contribution in [3.63, 3.8) is 0 Å². The molecule has 0 fully saturated rings. The zero-order chi connectivity index (χ0) is 15.3. The molecule has 20 heavy (non-hydrogen) atoms. The summed E-state index contributed by atoms with van der Waals surface area (Å²) >= 11 is 0. The second kappa shape index (κ2) is 6.16. The van der Waals surface area contributed by atoms with Crippen LogP contribution in [0.3, 0.4) is 0 Å². The maximum atomic E-state index is 12.1. The number of aliphatic carboxylic acids is 1. The van der Waals surface area contributed by atoms with E-state index in [-0.39, 0.29) is 0 Å². The third kappa shape index (κ3) is 3.79. The topological polar surface area (TPSA) is 136 Å². The number of hydrogen-bond donors (Lipinski definition) is 4. The van der Waals surface area contributed by atoms with E-state index in [1.165, 1.54) is 6.92 Å². The van der Waals surface area contributed by atoms with Crippen molar-refractivity contribution >= 4 is 17.8 Å². The van der Waals surface area contributed by atoms with Crippen LogP contribution in [-0.2, 0) is 19.9 Å². The van der Waals surface area contributed by atoms with Crippen LogP contribution in [0.15, 0.2) is 30.3 Å². The van der Waals surface area contributed by atoms with E-state index in [2.05, 4.69) is 5.32 Å². The normalized spacial score (nSPS) is 14.9. The summed E-state index contributed by atoms with van der Waals surface area (Å²) in [6, 6.07) is 7.11. The van der Waals surface area contributed by atoms with Crippen LogP contribution in [0.5, 0.6) is 0 Å². The van der Waals surface area contributed by atoms with Crippen molar-refractivity contribution in [2.75, 3.05) is 0 Å². The first-order chi connectivity index (χ1) is 9.25. The largest absolute Gasteiger partial charge is 0.480 e. The minimum absolute atomic E-state index is 0.494. The summed E-state index contributed by atoms with van der Waals surface area (Å²) in [5.74, 6) is -2.87. The Balaban J connectivity index is 2.88. The van der Waals surface area contributed by atoms with Crippen LogP contribution in [-0.4, -0.2) is 28.9 Å². The average molecular weight is 279 g/mol. The summed E-state index contributed by atoms with van der Waals surface area (Å²) in [6.45, 7) is 1.46. The molecule has 0 aliphatic rings. The third-order valence-corrected chi connectivity index (χ3v) is 2.85. The van der Waals surface area contributed by atoms with Crippen LogP contribution in [0.2, 0.25) is 0 Å². The molecule has 1 unspecified atom stereocenters. The molecule has 0 radical (unpaired) electrons. The van der Waals surface area contributed by atoms with Crippen molar-refractivity contribution in [2.45, 2.75) is 24.9 Å². The van der Waals surface area contributed by atoms with Gasteiger partial charge in [0.2, 0.25) is 11.8 Å². The standard InChI is InChI=1S/C13H17N3O4/c1-13(15,8-5-3-2-4-6-8)12(20)16-9(11(18)19)7-10(14)17/h2-6,9H,7,15H2,1H3,(H2,14,17)(H,16,20)(H,18,19)/t9-,13?/m1/s1. The molecule has 1 aromatic rings. The molecule has 0 saturated heterocycles. The molecule has 1 aromatic carbocycles. The first-order valence-corrected chi connectivity index (χ1v) is 5.91. The van der Waals surface area contributed by atoms with Crippen LogP contribution < -0.4 is 16.8 Å². The molecule has 0 aliphatic carbocycles. The second-order valence-corrected chi connectivity index (χ2v) is 4.60. The van der Waals surface area contributed by atoms with E-state index in [9.17, 15) is 14.4 Å². The summed E-state index contributed by atoms with van der Waals surface area (Å²) in [5, 5.41) is 11.2. The van der Waals surface area contributed by atoms with Gasteiger partial charge in [-0.05, 0) is 12.5 Å². The van der Waals surface area contributed by atoms with Crippen molar-refractivity contribution in [3.05, 3.63) is 35.9 Å². The number of carbonyl (C=O) groups is 3.